The van der Waals surface area contributed by atoms with Crippen molar-refractivity contribution in [2.24, 2.45) is 0 Å². The Bertz CT molecular complexity index is 689. The number of thioether (sulfide) groups is 1. The molecule has 1 saturated heterocycles. The SMILES string of the molecule is O=C(OC[C@H]1OC[C@H](OC(=O)c2ccccc2)S1)c1ccccc1. The highest BCUT2D eigenvalue weighted by Crippen LogP contribution is 2.29. The van der Waals surface area contributed by atoms with Crippen molar-refractivity contribution < 1.29 is 23.8 Å². The third-order valence-electron chi connectivity index (χ3n) is 3.33. The van der Waals surface area contributed by atoms with Gasteiger partial charge in [0.15, 0.2) is 5.44 Å². The number of hydrogen-bond donors (Lipinski definition) is 0. The summed E-state index contributed by atoms with van der Waals surface area (Å²) < 4.78 is 16.1. The van der Waals surface area contributed by atoms with Crippen molar-refractivity contribution in [1.82, 2.24) is 0 Å². The van der Waals surface area contributed by atoms with E-state index in [9.17, 15) is 9.59 Å². The molecule has 2 aromatic rings. The monoisotopic (exact) mass is 344 g/mol. The fourth-order valence-electron chi connectivity index (χ4n) is 2.15. The second-order valence-corrected chi connectivity index (χ2v) is 6.39. The molecule has 1 aliphatic rings. The minimum Gasteiger partial charge on any atom is -0.458 e. The van der Waals surface area contributed by atoms with Gasteiger partial charge in [0.05, 0.1) is 17.7 Å². The Hall–Kier alpha value is -2.31. The molecule has 1 aliphatic heterocycles. The van der Waals surface area contributed by atoms with E-state index in [0.29, 0.717) is 11.1 Å². The topological polar surface area (TPSA) is 61.8 Å². The van der Waals surface area contributed by atoms with E-state index in [1.165, 1.54) is 11.8 Å². The summed E-state index contributed by atoms with van der Waals surface area (Å²) in [7, 11) is 0. The van der Waals surface area contributed by atoms with Gasteiger partial charge >= 0.3 is 11.9 Å². The van der Waals surface area contributed by atoms with Gasteiger partial charge in [0.25, 0.3) is 0 Å². The largest absolute Gasteiger partial charge is 0.458 e. The summed E-state index contributed by atoms with van der Waals surface area (Å²) in [4.78, 5) is 23.9. The van der Waals surface area contributed by atoms with Crippen LogP contribution in [0.1, 0.15) is 20.7 Å². The zero-order valence-electron chi connectivity index (χ0n) is 12.8. The van der Waals surface area contributed by atoms with Gasteiger partial charge in [-0.15, -0.1) is 0 Å². The lowest BCUT2D eigenvalue weighted by atomic mass is 10.2. The highest BCUT2D eigenvalue weighted by Gasteiger charge is 2.30. The zero-order chi connectivity index (χ0) is 16.8. The fourth-order valence-corrected chi connectivity index (χ4v) is 3.09. The van der Waals surface area contributed by atoms with Crippen LogP contribution in [-0.4, -0.2) is 36.0 Å². The van der Waals surface area contributed by atoms with Gasteiger partial charge in [-0.3, -0.25) is 0 Å². The van der Waals surface area contributed by atoms with E-state index in [1.54, 1.807) is 48.5 Å². The summed E-state index contributed by atoms with van der Waals surface area (Å²) in [5, 5.41) is 0. The molecule has 5 nitrogen and oxygen atoms in total. The maximum absolute atomic E-state index is 12.0. The number of carbonyl (C=O) groups excluding carboxylic acids is 2. The van der Waals surface area contributed by atoms with Gasteiger partial charge in [-0.05, 0) is 24.3 Å². The molecule has 2 atom stereocenters. The Balaban J connectivity index is 1.44. The lowest BCUT2D eigenvalue weighted by Crippen LogP contribution is -2.16. The Kier molecular flexibility index (Phi) is 5.51. The van der Waals surface area contributed by atoms with Crippen LogP contribution < -0.4 is 0 Å². The molecule has 0 radical (unpaired) electrons. The molecule has 0 N–H and O–H groups in total. The molecule has 124 valence electrons. The van der Waals surface area contributed by atoms with Crippen molar-refractivity contribution in [2.75, 3.05) is 13.2 Å². The molecule has 0 aromatic heterocycles. The average molecular weight is 344 g/mol. The van der Waals surface area contributed by atoms with Crippen molar-refractivity contribution in [2.45, 2.75) is 10.9 Å². The van der Waals surface area contributed by atoms with Crippen LogP contribution in [0, 0.1) is 0 Å². The summed E-state index contributed by atoms with van der Waals surface area (Å²) in [5.41, 5.74) is 0.244. The predicted molar refractivity (Wildman–Crippen MR) is 89.7 cm³/mol. The van der Waals surface area contributed by atoms with Gasteiger partial charge < -0.3 is 14.2 Å². The normalized spacial score (nSPS) is 19.7. The van der Waals surface area contributed by atoms with E-state index in [1.807, 2.05) is 12.1 Å². The molecule has 24 heavy (non-hydrogen) atoms. The summed E-state index contributed by atoms with van der Waals surface area (Å²) in [6.45, 7) is 0.384. The molecule has 0 amide bonds. The van der Waals surface area contributed by atoms with Crippen molar-refractivity contribution in [1.29, 1.82) is 0 Å². The molecular weight excluding hydrogens is 328 g/mol. The van der Waals surface area contributed by atoms with Crippen LogP contribution in [0.25, 0.3) is 0 Å². The van der Waals surface area contributed by atoms with Crippen molar-refractivity contribution in [3.05, 3.63) is 71.8 Å². The van der Waals surface area contributed by atoms with Gasteiger partial charge in [0.1, 0.15) is 12.0 Å². The lowest BCUT2D eigenvalue weighted by molar-refractivity contribution is 0.0130. The van der Waals surface area contributed by atoms with E-state index in [-0.39, 0.29) is 18.6 Å². The first-order valence-corrected chi connectivity index (χ1v) is 8.42. The van der Waals surface area contributed by atoms with Crippen LogP contribution in [0.5, 0.6) is 0 Å². The second-order valence-electron chi connectivity index (χ2n) is 5.06. The van der Waals surface area contributed by atoms with E-state index in [4.69, 9.17) is 14.2 Å². The predicted octanol–water partition coefficient (Wildman–Crippen LogP) is 3.12. The van der Waals surface area contributed by atoms with Crippen LogP contribution in [0.2, 0.25) is 0 Å². The number of esters is 2. The molecular formula is C18H16O5S. The smallest absolute Gasteiger partial charge is 0.339 e. The van der Waals surface area contributed by atoms with Gasteiger partial charge in [0, 0.05) is 0 Å². The van der Waals surface area contributed by atoms with E-state index >= 15 is 0 Å². The first-order valence-electron chi connectivity index (χ1n) is 7.47. The summed E-state index contributed by atoms with van der Waals surface area (Å²) in [6.07, 6.45) is 0. The average Bonchev–Trinajstić information content (AvgIpc) is 3.08. The molecule has 1 fully saturated rings. The Labute approximate surface area is 143 Å². The van der Waals surface area contributed by atoms with Gasteiger partial charge in [0.2, 0.25) is 0 Å². The molecule has 2 aromatic carbocycles. The van der Waals surface area contributed by atoms with Gasteiger partial charge in [-0.1, -0.05) is 48.2 Å². The summed E-state index contributed by atoms with van der Waals surface area (Å²) in [6, 6.07) is 17.5. The van der Waals surface area contributed by atoms with Crippen LogP contribution >= 0.6 is 11.8 Å². The first-order chi connectivity index (χ1) is 11.7. The van der Waals surface area contributed by atoms with E-state index in [2.05, 4.69) is 0 Å². The standard InChI is InChI=1S/C18H16O5S/c19-17(13-7-3-1-4-8-13)22-11-15-21-12-16(24-15)23-18(20)14-9-5-2-6-10-14/h1-10,15-16H,11-12H2/t15-,16+/m0/s1. The molecule has 6 heteroatoms. The van der Waals surface area contributed by atoms with Crippen LogP contribution in [-0.2, 0) is 14.2 Å². The highest BCUT2D eigenvalue weighted by molar-refractivity contribution is 8.00. The van der Waals surface area contributed by atoms with Gasteiger partial charge in [-0.2, -0.15) is 0 Å². The molecule has 3 rings (SSSR count). The van der Waals surface area contributed by atoms with E-state index < -0.39 is 17.4 Å². The van der Waals surface area contributed by atoms with Crippen molar-refractivity contribution in [3.63, 3.8) is 0 Å². The number of rotatable bonds is 5. The Morgan fingerprint density at radius 1 is 0.958 bits per heavy atom. The second kappa shape index (κ2) is 7.99. The third-order valence-corrected chi connectivity index (χ3v) is 4.44. The maximum Gasteiger partial charge on any atom is 0.339 e. The van der Waals surface area contributed by atoms with Crippen molar-refractivity contribution >= 4 is 23.7 Å². The Morgan fingerprint density at radius 3 is 2.17 bits per heavy atom. The molecule has 0 saturated carbocycles. The van der Waals surface area contributed by atoms with Crippen LogP contribution in [0.4, 0.5) is 0 Å². The molecule has 0 spiro atoms. The molecule has 0 unspecified atom stereocenters. The Morgan fingerprint density at radius 2 is 1.54 bits per heavy atom. The van der Waals surface area contributed by atoms with Crippen LogP contribution in [0.3, 0.4) is 0 Å². The minimum atomic E-state index is -0.405. The number of benzene rings is 2. The minimum absolute atomic E-state index is 0.109. The van der Waals surface area contributed by atoms with E-state index in [0.717, 1.165) is 0 Å². The molecule has 0 aliphatic carbocycles. The fraction of sp³-hybridized carbons (Fsp3) is 0.222. The van der Waals surface area contributed by atoms with Crippen LogP contribution in [0.15, 0.2) is 60.7 Å². The third kappa shape index (κ3) is 4.37. The van der Waals surface area contributed by atoms with Gasteiger partial charge in [-0.25, -0.2) is 9.59 Å². The molecule has 0 bridgehead atoms. The zero-order valence-corrected chi connectivity index (χ0v) is 13.6. The number of hydrogen-bond acceptors (Lipinski definition) is 6. The summed E-state index contributed by atoms with van der Waals surface area (Å²) >= 11 is 1.33. The first kappa shape index (κ1) is 16.5. The number of ether oxygens (including phenoxy) is 3. The lowest BCUT2D eigenvalue weighted by Gasteiger charge is -2.11. The number of carbonyl (C=O) groups is 2. The molecule has 1 heterocycles. The maximum atomic E-state index is 12.0. The quantitative estimate of drug-likeness (QED) is 0.777. The summed E-state index contributed by atoms with van der Waals surface area (Å²) in [5.74, 6) is -0.789. The van der Waals surface area contributed by atoms with Crippen molar-refractivity contribution in [3.8, 4) is 0 Å². The highest BCUT2D eigenvalue weighted by atomic mass is 32.2.